The van der Waals surface area contributed by atoms with Crippen LogP contribution in [0, 0.1) is 0 Å². The fourth-order valence-corrected chi connectivity index (χ4v) is 4.70. The number of amides is 3. The van der Waals surface area contributed by atoms with E-state index in [0.717, 1.165) is 30.6 Å². The van der Waals surface area contributed by atoms with E-state index < -0.39 is 17.9 Å². The van der Waals surface area contributed by atoms with Gasteiger partial charge in [0, 0.05) is 10.9 Å². The highest BCUT2D eigenvalue weighted by Crippen LogP contribution is 2.29. The third-order valence-electron chi connectivity index (χ3n) is 5.45. The van der Waals surface area contributed by atoms with Crippen molar-refractivity contribution in [1.82, 2.24) is 15.5 Å². The molecule has 3 heterocycles. The number of hydrogen-bond acceptors (Lipinski definition) is 6. The highest BCUT2D eigenvalue weighted by atomic mass is 32.1. The van der Waals surface area contributed by atoms with Gasteiger partial charge in [-0.3, -0.25) is 14.4 Å². The topological polar surface area (TPSA) is 105 Å². The molecule has 2 N–H and O–H groups in total. The van der Waals surface area contributed by atoms with Crippen LogP contribution in [0.4, 0.5) is 0 Å². The standard InChI is InChI=1S/C23H25N3O5S/c27-20(14-24-22(28)18-9-4-12-31-18)26(15-17-8-3-11-30-17)21(19-10-5-13-32-19)23(29)25-16-6-1-2-7-16/h3-5,8-13,16,21H,1-2,6-7,14-15H2,(H,24,28)(H,25,29)/t21-/m1/s1. The quantitative estimate of drug-likeness (QED) is 0.514. The molecule has 4 rings (SSSR count). The van der Waals surface area contributed by atoms with Crippen molar-refractivity contribution in [3.05, 3.63) is 70.7 Å². The van der Waals surface area contributed by atoms with Crippen molar-refractivity contribution in [1.29, 1.82) is 0 Å². The molecule has 3 aromatic heterocycles. The van der Waals surface area contributed by atoms with Crippen molar-refractivity contribution in [3.8, 4) is 0 Å². The Balaban J connectivity index is 1.55. The molecule has 1 saturated carbocycles. The first-order valence-corrected chi connectivity index (χ1v) is 11.5. The van der Waals surface area contributed by atoms with Gasteiger partial charge in [0.25, 0.3) is 5.91 Å². The lowest BCUT2D eigenvalue weighted by atomic mass is 10.1. The van der Waals surface area contributed by atoms with Gasteiger partial charge in [-0.25, -0.2) is 0 Å². The second-order valence-electron chi connectivity index (χ2n) is 7.67. The van der Waals surface area contributed by atoms with Crippen molar-refractivity contribution in [3.63, 3.8) is 0 Å². The number of thiophene rings is 1. The van der Waals surface area contributed by atoms with Crippen LogP contribution < -0.4 is 10.6 Å². The largest absolute Gasteiger partial charge is 0.467 e. The average Bonchev–Trinajstić information content (AvgIpc) is 3.59. The number of nitrogens with zero attached hydrogens (tertiary/aromatic N) is 1. The maximum absolute atomic E-state index is 13.4. The van der Waals surface area contributed by atoms with E-state index in [2.05, 4.69) is 10.6 Å². The molecule has 8 nitrogen and oxygen atoms in total. The predicted octanol–water partition coefficient (Wildman–Crippen LogP) is 3.49. The molecule has 32 heavy (non-hydrogen) atoms. The van der Waals surface area contributed by atoms with E-state index in [9.17, 15) is 14.4 Å². The monoisotopic (exact) mass is 455 g/mol. The summed E-state index contributed by atoms with van der Waals surface area (Å²) in [6.07, 6.45) is 6.96. The van der Waals surface area contributed by atoms with Crippen molar-refractivity contribution in [2.75, 3.05) is 6.54 Å². The molecule has 3 amide bonds. The molecule has 0 aromatic carbocycles. The van der Waals surface area contributed by atoms with E-state index >= 15 is 0 Å². The van der Waals surface area contributed by atoms with Crippen LogP contribution in [-0.4, -0.2) is 35.2 Å². The zero-order chi connectivity index (χ0) is 22.3. The summed E-state index contributed by atoms with van der Waals surface area (Å²) >= 11 is 1.41. The second kappa shape index (κ2) is 10.3. The molecule has 168 valence electrons. The number of hydrogen-bond donors (Lipinski definition) is 2. The molecule has 0 spiro atoms. The number of nitrogens with one attached hydrogen (secondary N) is 2. The Morgan fingerprint density at radius 2 is 1.84 bits per heavy atom. The molecule has 3 aromatic rings. The van der Waals surface area contributed by atoms with Crippen LogP contribution in [0.25, 0.3) is 0 Å². The lowest BCUT2D eigenvalue weighted by Gasteiger charge is -2.31. The molecule has 0 aliphatic heterocycles. The molecule has 9 heteroatoms. The first-order valence-electron chi connectivity index (χ1n) is 10.6. The molecule has 0 saturated heterocycles. The summed E-state index contributed by atoms with van der Waals surface area (Å²) in [5.74, 6) is -0.461. The van der Waals surface area contributed by atoms with E-state index in [4.69, 9.17) is 8.83 Å². The first-order chi connectivity index (χ1) is 15.6. The molecule has 0 bridgehead atoms. The molecular weight excluding hydrogens is 430 g/mol. The smallest absolute Gasteiger partial charge is 0.287 e. The van der Waals surface area contributed by atoms with E-state index in [1.54, 1.807) is 18.2 Å². The Morgan fingerprint density at radius 3 is 2.50 bits per heavy atom. The number of carbonyl (C=O) groups excluding carboxylic acids is 3. The molecule has 0 unspecified atom stereocenters. The average molecular weight is 456 g/mol. The van der Waals surface area contributed by atoms with Gasteiger partial charge in [-0.05, 0) is 48.6 Å². The van der Waals surface area contributed by atoms with Gasteiger partial charge in [-0.15, -0.1) is 11.3 Å². The van der Waals surface area contributed by atoms with Crippen molar-refractivity contribution in [2.45, 2.75) is 44.3 Å². The fraction of sp³-hybridized carbons (Fsp3) is 0.348. The van der Waals surface area contributed by atoms with Gasteiger partial charge in [0.1, 0.15) is 11.8 Å². The van der Waals surface area contributed by atoms with E-state index in [1.165, 1.54) is 34.8 Å². The normalized spacial score (nSPS) is 14.8. The Bertz CT molecular complexity index is 1010. The molecule has 1 aliphatic carbocycles. The minimum absolute atomic E-state index is 0.100. The summed E-state index contributed by atoms with van der Waals surface area (Å²) in [6, 6.07) is 9.58. The molecular formula is C23H25N3O5S. The Labute approximate surface area is 189 Å². The van der Waals surface area contributed by atoms with Crippen LogP contribution in [0.1, 0.15) is 52.9 Å². The lowest BCUT2D eigenvalue weighted by molar-refractivity contribution is -0.141. The van der Waals surface area contributed by atoms with Gasteiger partial charge in [0.15, 0.2) is 5.76 Å². The Hall–Kier alpha value is -3.33. The van der Waals surface area contributed by atoms with Crippen LogP contribution >= 0.6 is 11.3 Å². The minimum Gasteiger partial charge on any atom is -0.467 e. The Kier molecular flexibility index (Phi) is 7.06. The highest BCUT2D eigenvalue weighted by Gasteiger charge is 2.34. The fourth-order valence-electron chi connectivity index (χ4n) is 3.87. The zero-order valence-corrected chi connectivity index (χ0v) is 18.3. The number of furan rings is 2. The first kappa shape index (κ1) is 21.9. The molecule has 0 radical (unpaired) electrons. The predicted molar refractivity (Wildman–Crippen MR) is 118 cm³/mol. The van der Waals surface area contributed by atoms with Gasteiger partial charge in [-0.1, -0.05) is 18.9 Å². The van der Waals surface area contributed by atoms with Crippen molar-refractivity contribution < 1.29 is 23.2 Å². The van der Waals surface area contributed by atoms with Gasteiger partial charge >= 0.3 is 0 Å². The maximum Gasteiger partial charge on any atom is 0.287 e. The van der Waals surface area contributed by atoms with Crippen LogP contribution in [0.15, 0.2) is 63.1 Å². The summed E-state index contributed by atoms with van der Waals surface area (Å²) < 4.78 is 10.5. The van der Waals surface area contributed by atoms with E-state index in [-0.39, 0.29) is 30.8 Å². The van der Waals surface area contributed by atoms with Crippen LogP contribution in [0.3, 0.4) is 0 Å². The van der Waals surface area contributed by atoms with Gasteiger partial charge in [-0.2, -0.15) is 0 Å². The summed E-state index contributed by atoms with van der Waals surface area (Å²) in [5.41, 5.74) is 0. The molecule has 1 aliphatic rings. The molecule has 1 fully saturated rings. The van der Waals surface area contributed by atoms with Gasteiger partial charge in [0.05, 0.1) is 25.6 Å². The van der Waals surface area contributed by atoms with Gasteiger partial charge < -0.3 is 24.4 Å². The third-order valence-corrected chi connectivity index (χ3v) is 6.37. The maximum atomic E-state index is 13.4. The summed E-state index contributed by atoms with van der Waals surface area (Å²) in [4.78, 5) is 41.1. The molecule has 1 atom stereocenters. The SMILES string of the molecule is O=C(NCC(=O)N(Cc1ccco1)[C@@H](C(=O)NC1CCCC1)c1cccs1)c1ccco1. The third kappa shape index (κ3) is 5.28. The summed E-state index contributed by atoms with van der Waals surface area (Å²) in [7, 11) is 0. The second-order valence-corrected chi connectivity index (χ2v) is 8.65. The highest BCUT2D eigenvalue weighted by molar-refractivity contribution is 7.10. The van der Waals surface area contributed by atoms with Crippen molar-refractivity contribution in [2.24, 2.45) is 0 Å². The van der Waals surface area contributed by atoms with Crippen molar-refractivity contribution >= 4 is 29.1 Å². The number of carbonyl (C=O) groups is 3. The summed E-state index contributed by atoms with van der Waals surface area (Å²) in [5, 5.41) is 7.56. The summed E-state index contributed by atoms with van der Waals surface area (Å²) in [6.45, 7) is -0.179. The van der Waals surface area contributed by atoms with Crippen LogP contribution in [-0.2, 0) is 16.1 Å². The van der Waals surface area contributed by atoms with E-state index in [0.29, 0.717) is 5.76 Å². The zero-order valence-electron chi connectivity index (χ0n) is 17.5. The van der Waals surface area contributed by atoms with E-state index in [1.807, 2.05) is 17.5 Å². The Morgan fingerprint density at radius 1 is 1.06 bits per heavy atom. The number of rotatable bonds is 9. The van der Waals surface area contributed by atoms with Crippen LogP contribution in [0.5, 0.6) is 0 Å². The van der Waals surface area contributed by atoms with Crippen LogP contribution in [0.2, 0.25) is 0 Å². The lowest BCUT2D eigenvalue weighted by Crippen LogP contribution is -2.48. The minimum atomic E-state index is -0.825. The van der Waals surface area contributed by atoms with Gasteiger partial charge in [0.2, 0.25) is 11.8 Å².